The van der Waals surface area contributed by atoms with Gasteiger partial charge in [-0.1, -0.05) is 35.5 Å². The Morgan fingerprint density at radius 3 is 2.81 bits per heavy atom. The fourth-order valence-corrected chi connectivity index (χ4v) is 3.24. The first-order chi connectivity index (χ1) is 12.5. The van der Waals surface area contributed by atoms with Gasteiger partial charge in [0.05, 0.1) is 11.5 Å². The molecule has 8 heteroatoms. The summed E-state index contributed by atoms with van der Waals surface area (Å²) in [7, 11) is 0. The molecule has 3 rings (SSSR count). The molecule has 7 nitrogen and oxygen atoms in total. The van der Waals surface area contributed by atoms with Crippen molar-refractivity contribution in [2.24, 2.45) is 0 Å². The maximum absolute atomic E-state index is 12.7. The molecule has 0 radical (unpaired) electrons. The number of rotatable bonds is 5. The predicted octanol–water partition coefficient (Wildman–Crippen LogP) is 2.42. The molecule has 134 valence electrons. The summed E-state index contributed by atoms with van der Waals surface area (Å²) in [5.41, 5.74) is 1.43. The van der Waals surface area contributed by atoms with Crippen LogP contribution in [0.15, 0.2) is 46.9 Å². The number of amides is 2. The van der Waals surface area contributed by atoms with Crippen LogP contribution in [-0.2, 0) is 9.59 Å². The van der Waals surface area contributed by atoms with E-state index >= 15 is 0 Å². The summed E-state index contributed by atoms with van der Waals surface area (Å²) in [6.07, 6.45) is 1.58. The van der Waals surface area contributed by atoms with Gasteiger partial charge in [-0.3, -0.25) is 14.4 Å². The summed E-state index contributed by atoms with van der Waals surface area (Å²) in [5, 5.41) is 5.71. The van der Waals surface area contributed by atoms with Gasteiger partial charge >= 0.3 is 0 Å². The molecule has 1 aromatic heterocycles. The van der Waals surface area contributed by atoms with Gasteiger partial charge in [0.2, 0.25) is 11.8 Å². The fraction of sp³-hybridized carbons (Fsp3) is 0.222. The van der Waals surface area contributed by atoms with Crippen LogP contribution in [0, 0.1) is 6.92 Å². The van der Waals surface area contributed by atoms with Crippen molar-refractivity contribution in [1.82, 2.24) is 9.97 Å². The van der Waals surface area contributed by atoms with Gasteiger partial charge in [-0.25, -0.2) is 4.98 Å². The lowest BCUT2D eigenvalue weighted by molar-refractivity contribution is -0.123. The quantitative estimate of drug-likeness (QED) is 0.426. The second-order valence-corrected chi connectivity index (χ2v) is 6.90. The van der Waals surface area contributed by atoms with Gasteiger partial charge in [-0.2, -0.15) is 0 Å². The Balaban J connectivity index is 1.91. The highest BCUT2D eigenvalue weighted by molar-refractivity contribution is 7.99. The maximum atomic E-state index is 12.7. The van der Waals surface area contributed by atoms with Crippen molar-refractivity contribution in [2.75, 3.05) is 16.4 Å². The molecule has 0 fully saturated rings. The number of hydrogen-bond donors (Lipinski definition) is 3. The average molecular weight is 370 g/mol. The zero-order valence-corrected chi connectivity index (χ0v) is 15.0. The van der Waals surface area contributed by atoms with E-state index in [9.17, 15) is 14.4 Å². The van der Waals surface area contributed by atoms with Crippen LogP contribution in [0.3, 0.4) is 0 Å². The molecule has 1 atom stereocenters. The van der Waals surface area contributed by atoms with Crippen LogP contribution >= 0.6 is 11.8 Å². The second-order valence-electron chi connectivity index (χ2n) is 5.89. The van der Waals surface area contributed by atoms with Crippen LogP contribution in [0.1, 0.15) is 23.5 Å². The number of aryl methyl sites for hydroxylation is 1. The fourth-order valence-electron chi connectivity index (χ4n) is 2.65. The minimum absolute atomic E-state index is 0.103. The highest BCUT2D eigenvalue weighted by atomic mass is 32.2. The van der Waals surface area contributed by atoms with E-state index in [4.69, 9.17) is 0 Å². The van der Waals surface area contributed by atoms with Crippen LogP contribution in [0.4, 0.5) is 11.5 Å². The van der Waals surface area contributed by atoms with E-state index in [2.05, 4.69) is 27.2 Å². The standard InChI is InChI=1S/C18H18N4O3S/c1-3-8-26-18-21-15-14(17(25)22-18)12(9-13(23)20-15)16(24)19-11-6-4-10(2)5-7-11/h3-7,12H,1,8-9H2,2H3,(H,19,24)(H2,20,21,22,23,25)/t12-/m0/s1. The highest BCUT2D eigenvalue weighted by Gasteiger charge is 2.34. The van der Waals surface area contributed by atoms with Crippen molar-refractivity contribution in [3.63, 3.8) is 0 Å². The monoisotopic (exact) mass is 370 g/mol. The molecule has 1 aliphatic heterocycles. The Bertz CT molecular complexity index is 921. The molecular formula is C18H18N4O3S. The maximum Gasteiger partial charge on any atom is 0.257 e. The van der Waals surface area contributed by atoms with Crippen molar-refractivity contribution in [1.29, 1.82) is 0 Å². The van der Waals surface area contributed by atoms with E-state index in [0.29, 0.717) is 16.6 Å². The summed E-state index contributed by atoms with van der Waals surface area (Å²) < 4.78 is 0. The summed E-state index contributed by atoms with van der Waals surface area (Å²) in [4.78, 5) is 44.1. The van der Waals surface area contributed by atoms with Gasteiger partial charge in [0.25, 0.3) is 5.56 Å². The smallest absolute Gasteiger partial charge is 0.257 e. The summed E-state index contributed by atoms with van der Waals surface area (Å²) in [6.45, 7) is 5.56. The molecular weight excluding hydrogens is 352 g/mol. The Labute approximate surface area is 154 Å². The predicted molar refractivity (Wildman–Crippen MR) is 102 cm³/mol. The van der Waals surface area contributed by atoms with Crippen molar-refractivity contribution >= 4 is 35.1 Å². The van der Waals surface area contributed by atoms with Crippen molar-refractivity contribution in [3.05, 3.63) is 58.4 Å². The number of nitrogens with one attached hydrogen (secondary N) is 3. The first-order valence-electron chi connectivity index (χ1n) is 8.03. The van der Waals surface area contributed by atoms with E-state index in [1.54, 1.807) is 18.2 Å². The highest BCUT2D eigenvalue weighted by Crippen LogP contribution is 2.30. The molecule has 26 heavy (non-hydrogen) atoms. The van der Waals surface area contributed by atoms with Crippen LogP contribution in [0.5, 0.6) is 0 Å². The first kappa shape index (κ1) is 17.9. The normalized spacial score (nSPS) is 15.7. The molecule has 2 aromatic rings. The van der Waals surface area contributed by atoms with Crippen molar-refractivity contribution < 1.29 is 9.59 Å². The molecule has 0 bridgehead atoms. The van der Waals surface area contributed by atoms with Gasteiger partial charge in [-0.15, -0.1) is 6.58 Å². The van der Waals surface area contributed by atoms with Crippen LogP contribution in [0.2, 0.25) is 0 Å². The van der Waals surface area contributed by atoms with Crippen LogP contribution in [0.25, 0.3) is 0 Å². The van der Waals surface area contributed by atoms with Crippen molar-refractivity contribution in [2.45, 2.75) is 24.4 Å². The number of aromatic nitrogens is 2. The third kappa shape index (κ3) is 3.85. The molecule has 0 saturated carbocycles. The zero-order chi connectivity index (χ0) is 18.7. The van der Waals surface area contributed by atoms with Crippen LogP contribution in [-0.4, -0.2) is 27.5 Å². The molecule has 1 aliphatic rings. The topological polar surface area (TPSA) is 104 Å². The van der Waals surface area contributed by atoms with Gasteiger partial charge in [-0.05, 0) is 19.1 Å². The number of thioether (sulfide) groups is 1. The lowest BCUT2D eigenvalue weighted by Crippen LogP contribution is -2.36. The van der Waals surface area contributed by atoms with Gasteiger partial charge < -0.3 is 15.6 Å². The average Bonchev–Trinajstić information content (AvgIpc) is 2.60. The summed E-state index contributed by atoms with van der Waals surface area (Å²) in [5.74, 6) is -0.953. The second kappa shape index (κ2) is 7.57. The molecule has 3 N–H and O–H groups in total. The minimum Gasteiger partial charge on any atom is -0.326 e. The van der Waals surface area contributed by atoms with E-state index in [-0.39, 0.29) is 23.7 Å². The third-order valence-corrected chi connectivity index (χ3v) is 4.77. The zero-order valence-electron chi connectivity index (χ0n) is 14.2. The molecule has 0 unspecified atom stereocenters. The Hall–Kier alpha value is -2.87. The van der Waals surface area contributed by atoms with E-state index < -0.39 is 17.4 Å². The number of H-pyrrole nitrogens is 1. The molecule has 0 spiro atoms. The lowest BCUT2D eigenvalue weighted by atomic mass is 9.92. The summed E-state index contributed by atoms with van der Waals surface area (Å²) >= 11 is 1.29. The van der Waals surface area contributed by atoms with Gasteiger partial charge in [0.15, 0.2) is 5.16 Å². The number of carbonyl (C=O) groups excluding carboxylic acids is 2. The van der Waals surface area contributed by atoms with E-state index in [0.717, 1.165) is 5.56 Å². The number of anilines is 2. The Morgan fingerprint density at radius 2 is 2.12 bits per heavy atom. The van der Waals surface area contributed by atoms with E-state index in [1.807, 2.05) is 19.1 Å². The Morgan fingerprint density at radius 1 is 1.38 bits per heavy atom. The molecule has 1 aromatic carbocycles. The van der Waals surface area contributed by atoms with Gasteiger partial charge in [0.1, 0.15) is 5.82 Å². The van der Waals surface area contributed by atoms with Crippen LogP contribution < -0.4 is 16.2 Å². The SMILES string of the molecule is C=CCSc1nc2c(c(=O)[nH]1)[C@@H](C(=O)Nc1ccc(C)cc1)CC(=O)N2. The minimum atomic E-state index is -0.894. The number of hydrogen-bond acceptors (Lipinski definition) is 5. The molecule has 0 aliphatic carbocycles. The largest absolute Gasteiger partial charge is 0.326 e. The van der Waals surface area contributed by atoms with Gasteiger partial charge in [0, 0.05) is 17.9 Å². The number of nitrogens with zero attached hydrogens (tertiary/aromatic N) is 1. The first-order valence-corrected chi connectivity index (χ1v) is 9.01. The molecule has 0 saturated heterocycles. The number of benzene rings is 1. The Kier molecular flexibility index (Phi) is 5.22. The molecule has 2 heterocycles. The summed E-state index contributed by atoms with van der Waals surface area (Å²) in [6, 6.07) is 7.28. The van der Waals surface area contributed by atoms with Crippen molar-refractivity contribution in [3.8, 4) is 0 Å². The third-order valence-electron chi connectivity index (χ3n) is 3.90. The molecule has 2 amide bonds. The number of aromatic amines is 1. The lowest BCUT2D eigenvalue weighted by Gasteiger charge is -2.23. The number of fused-ring (bicyclic) bond motifs is 1. The van der Waals surface area contributed by atoms with E-state index in [1.165, 1.54) is 11.8 Å². The number of carbonyl (C=O) groups is 2.